The van der Waals surface area contributed by atoms with E-state index in [1.54, 1.807) is 12.1 Å². The maximum Gasteiger partial charge on any atom is 0.543 e. The van der Waals surface area contributed by atoms with Crippen molar-refractivity contribution in [3.8, 4) is 5.75 Å². The molecule has 0 bridgehead atoms. The van der Waals surface area contributed by atoms with Crippen molar-refractivity contribution in [3.05, 3.63) is 29.8 Å². The first kappa shape index (κ1) is 15.7. The molecule has 0 heterocycles. The molecule has 0 fully saturated rings. The van der Waals surface area contributed by atoms with Gasteiger partial charge in [0.25, 0.3) is 0 Å². The largest absolute Gasteiger partial charge is 0.543 e. The predicted molar refractivity (Wildman–Crippen MR) is 63.8 cm³/mol. The second kappa shape index (κ2) is 8.73. The Morgan fingerprint density at radius 3 is 2.60 bits per heavy atom. The number of hydrogen-bond acceptors (Lipinski definition) is 8. The van der Waals surface area contributed by atoms with Crippen molar-refractivity contribution in [2.75, 3.05) is 27.4 Å². The number of benzene rings is 1. The zero-order valence-corrected chi connectivity index (χ0v) is 11.0. The topological polar surface area (TPSA) is 89.5 Å². The van der Waals surface area contributed by atoms with E-state index in [0.29, 0.717) is 5.75 Å². The van der Waals surface area contributed by atoms with Crippen LogP contribution in [0.25, 0.3) is 0 Å². The van der Waals surface area contributed by atoms with E-state index in [2.05, 4.69) is 24.3 Å². The lowest BCUT2D eigenvalue weighted by Gasteiger charge is -2.04. The Kier molecular flexibility index (Phi) is 6.87. The molecule has 0 saturated carbocycles. The van der Waals surface area contributed by atoms with Crippen molar-refractivity contribution in [1.29, 1.82) is 0 Å². The van der Waals surface area contributed by atoms with E-state index in [1.807, 2.05) is 0 Å². The maximum atomic E-state index is 11.5. The summed E-state index contributed by atoms with van der Waals surface area (Å²) in [4.78, 5) is 30.7. The average Bonchev–Trinajstić information content (AvgIpc) is 2.47. The van der Waals surface area contributed by atoms with Gasteiger partial charge in [0.1, 0.15) is 12.4 Å². The van der Waals surface area contributed by atoms with Crippen molar-refractivity contribution >= 4 is 12.1 Å². The SMILES string of the molecule is COCCOC(=O)OOOC(=O)c1cccc(OC)c1. The summed E-state index contributed by atoms with van der Waals surface area (Å²) in [6, 6.07) is 6.16. The first-order chi connectivity index (χ1) is 9.67. The summed E-state index contributed by atoms with van der Waals surface area (Å²) >= 11 is 0. The van der Waals surface area contributed by atoms with Crippen LogP contribution >= 0.6 is 0 Å². The highest BCUT2D eigenvalue weighted by molar-refractivity contribution is 5.89. The minimum Gasteiger partial charge on any atom is -0.497 e. The lowest BCUT2D eigenvalue weighted by Crippen LogP contribution is -2.14. The standard InChI is InChI=1S/C12H14O8/c1-15-6-7-17-12(14)19-20-18-11(13)9-4-3-5-10(8-9)16-2/h3-5,8H,6-7H2,1-2H3. The van der Waals surface area contributed by atoms with Gasteiger partial charge in [-0.2, -0.15) is 0 Å². The Morgan fingerprint density at radius 2 is 1.90 bits per heavy atom. The molecule has 20 heavy (non-hydrogen) atoms. The minimum absolute atomic E-state index is 0.0114. The number of methoxy groups -OCH3 is 2. The molecule has 0 aliphatic carbocycles. The quantitative estimate of drug-likeness (QED) is 0.322. The molecule has 110 valence electrons. The molecule has 0 atom stereocenters. The normalized spacial score (nSPS) is 9.70. The number of rotatable bonds is 7. The predicted octanol–water partition coefficient (Wildman–Crippen LogP) is 1.50. The van der Waals surface area contributed by atoms with Crippen LogP contribution in [0.1, 0.15) is 10.4 Å². The second-order valence-electron chi connectivity index (χ2n) is 3.35. The second-order valence-corrected chi connectivity index (χ2v) is 3.35. The third kappa shape index (κ3) is 5.55. The van der Waals surface area contributed by atoms with Crippen molar-refractivity contribution in [2.45, 2.75) is 0 Å². The van der Waals surface area contributed by atoms with E-state index in [9.17, 15) is 9.59 Å². The highest BCUT2D eigenvalue weighted by atomic mass is 17.5. The summed E-state index contributed by atoms with van der Waals surface area (Å²) in [5.74, 6) is -0.382. The summed E-state index contributed by atoms with van der Waals surface area (Å²) in [6.45, 7) is 0.196. The molecule has 1 aromatic carbocycles. The number of ether oxygens (including phenoxy) is 3. The summed E-state index contributed by atoms with van der Waals surface area (Å²) in [5.41, 5.74) is 0.167. The summed E-state index contributed by atoms with van der Waals surface area (Å²) in [5, 5.41) is 4.01. The smallest absolute Gasteiger partial charge is 0.497 e. The van der Waals surface area contributed by atoms with Crippen LogP contribution in [0.4, 0.5) is 4.79 Å². The monoisotopic (exact) mass is 286 g/mol. The fourth-order valence-electron chi connectivity index (χ4n) is 1.11. The van der Waals surface area contributed by atoms with Crippen molar-refractivity contribution in [3.63, 3.8) is 0 Å². The molecule has 0 amide bonds. The van der Waals surface area contributed by atoms with Gasteiger partial charge >= 0.3 is 12.1 Å². The first-order valence-corrected chi connectivity index (χ1v) is 5.52. The summed E-state index contributed by atoms with van der Waals surface area (Å²) in [6.07, 6.45) is -1.15. The molecule has 0 saturated heterocycles. The average molecular weight is 286 g/mol. The Balaban J connectivity index is 2.30. The number of hydrogen-bond donors (Lipinski definition) is 0. The Bertz CT molecular complexity index is 445. The molecule has 0 N–H and O–H groups in total. The van der Waals surface area contributed by atoms with Gasteiger partial charge in [-0.25, -0.2) is 14.5 Å². The zero-order valence-electron chi connectivity index (χ0n) is 11.0. The highest BCUT2D eigenvalue weighted by Gasteiger charge is 2.12. The van der Waals surface area contributed by atoms with Crippen LogP contribution in [0.2, 0.25) is 0 Å². The molecule has 1 rings (SSSR count). The van der Waals surface area contributed by atoms with E-state index in [-0.39, 0.29) is 18.8 Å². The first-order valence-electron chi connectivity index (χ1n) is 5.52. The van der Waals surface area contributed by atoms with Gasteiger partial charge in [-0.15, -0.1) is 0 Å². The molecule has 0 unspecified atom stereocenters. The third-order valence-electron chi connectivity index (χ3n) is 2.02. The molecule has 8 nitrogen and oxygen atoms in total. The molecule has 0 radical (unpaired) electrons. The van der Waals surface area contributed by atoms with Gasteiger partial charge in [-0.3, -0.25) is 4.89 Å². The lowest BCUT2D eigenvalue weighted by molar-refractivity contribution is -0.452. The number of carbonyl (C=O) groups is 2. The van der Waals surface area contributed by atoms with Crippen LogP contribution < -0.4 is 4.74 Å². The summed E-state index contributed by atoms with van der Waals surface area (Å²) < 4.78 is 14.1. The molecular formula is C12H14O8. The molecule has 0 aliphatic rings. The Hall–Kier alpha value is -2.32. The van der Waals surface area contributed by atoms with Crippen LogP contribution in [0.3, 0.4) is 0 Å². The van der Waals surface area contributed by atoms with Crippen LogP contribution in [0.15, 0.2) is 24.3 Å². The fraction of sp³-hybridized carbons (Fsp3) is 0.333. The van der Waals surface area contributed by atoms with Gasteiger partial charge < -0.3 is 14.2 Å². The molecule has 0 aliphatic heterocycles. The molecule has 8 heteroatoms. The molecular weight excluding hydrogens is 272 g/mol. The summed E-state index contributed by atoms with van der Waals surface area (Å²) in [7, 11) is 2.90. The van der Waals surface area contributed by atoms with E-state index in [1.165, 1.54) is 26.4 Å². The molecule has 0 aromatic heterocycles. The van der Waals surface area contributed by atoms with Crippen molar-refractivity contribution in [2.24, 2.45) is 0 Å². The maximum absolute atomic E-state index is 11.5. The van der Waals surface area contributed by atoms with Gasteiger partial charge in [-0.1, -0.05) is 6.07 Å². The third-order valence-corrected chi connectivity index (χ3v) is 2.02. The minimum atomic E-state index is -1.15. The van der Waals surface area contributed by atoms with Crippen molar-refractivity contribution < 1.29 is 38.6 Å². The molecule has 0 spiro atoms. The molecule has 1 aromatic rings. The van der Waals surface area contributed by atoms with Gasteiger partial charge in [0.2, 0.25) is 0 Å². The van der Waals surface area contributed by atoms with Crippen LogP contribution in [0, 0.1) is 0 Å². The van der Waals surface area contributed by atoms with Gasteiger partial charge in [0.15, 0.2) is 0 Å². The van der Waals surface area contributed by atoms with E-state index in [0.717, 1.165) is 0 Å². The number of carbonyl (C=O) groups excluding carboxylic acids is 2. The van der Waals surface area contributed by atoms with Gasteiger partial charge in [0, 0.05) is 7.11 Å². The fourth-order valence-corrected chi connectivity index (χ4v) is 1.11. The van der Waals surface area contributed by atoms with E-state index in [4.69, 9.17) is 4.74 Å². The lowest BCUT2D eigenvalue weighted by atomic mass is 10.2. The van der Waals surface area contributed by atoms with Crippen molar-refractivity contribution in [1.82, 2.24) is 0 Å². The van der Waals surface area contributed by atoms with Gasteiger partial charge in [-0.05, 0) is 18.2 Å². The zero-order chi connectivity index (χ0) is 14.8. The van der Waals surface area contributed by atoms with Crippen LogP contribution in [-0.2, 0) is 24.3 Å². The van der Waals surface area contributed by atoms with Crippen LogP contribution in [0.5, 0.6) is 5.75 Å². The Morgan fingerprint density at radius 1 is 1.10 bits per heavy atom. The Labute approximate surface area is 114 Å². The highest BCUT2D eigenvalue weighted by Crippen LogP contribution is 2.13. The van der Waals surface area contributed by atoms with Gasteiger partial charge in [0.05, 0.1) is 24.3 Å². The van der Waals surface area contributed by atoms with Crippen LogP contribution in [-0.4, -0.2) is 39.6 Å². The van der Waals surface area contributed by atoms with E-state index < -0.39 is 12.1 Å². The van der Waals surface area contributed by atoms with E-state index >= 15 is 0 Å².